The average molecular weight is 424 g/mol. The Balaban J connectivity index is 1.95. The van der Waals surface area contributed by atoms with E-state index in [1.165, 1.54) is 0 Å². The molecule has 1 unspecified atom stereocenters. The van der Waals surface area contributed by atoms with Crippen molar-refractivity contribution >= 4 is 23.6 Å². The Kier molecular flexibility index (Phi) is 6.06. The second-order valence-electron chi connectivity index (χ2n) is 8.73. The van der Waals surface area contributed by atoms with Gasteiger partial charge in [0.2, 0.25) is 0 Å². The van der Waals surface area contributed by atoms with Crippen molar-refractivity contribution in [3.05, 3.63) is 54.1 Å². The van der Waals surface area contributed by atoms with Crippen LogP contribution in [0, 0.1) is 5.41 Å². The molecule has 0 saturated carbocycles. The van der Waals surface area contributed by atoms with Gasteiger partial charge in [-0.25, -0.2) is 4.79 Å². The summed E-state index contributed by atoms with van der Waals surface area (Å²) in [5.41, 5.74) is 6.33. The van der Waals surface area contributed by atoms with E-state index in [1.807, 2.05) is 63.2 Å². The van der Waals surface area contributed by atoms with E-state index >= 15 is 0 Å². The smallest absolute Gasteiger partial charge is 0.405 e. The van der Waals surface area contributed by atoms with Crippen LogP contribution in [-0.2, 0) is 9.53 Å². The molecule has 1 atom stereocenters. The summed E-state index contributed by atoms with van der Waals surface area (Å²) < 4.78 is 5.46. The maximum atomic E-state index is 13.5. The molecular weight excluding hydrogens is 394 g/mol. The van der Waals surface area contributed by atoms with Crippen molar-refractivity contribution in [2.75, 3.05) is 18.5 Å². The molecule has 1 fully saturated rings. The lowest BCUT2D eigenvalue weighted by Crippen LogP contribution is -2.62. The number of piperidine rings is 1. The molecule has 1 aliphatic rings. The van der Waals surface area contributed by atoms with Crippen LogP contribution >= 0.6 is 0 Å². The van der Waals surface area contributed by atoms with Crippen LogP contribution in [0.5, 0.6) is 0 Å². The van der Waals surface area contributed by atoms with Crippen LogP contribution in [0.25, 0.3) is 11.1 Å². The number of hydrogen-bond acceptors (Lipinski definition) is 4. The van der Waals surface area contributed by atoms with Gasteiger partial charge in [0.05, 0.1) is 0 Å². The topological polar surface area (TPSA) is 102 Å². The standard InChI is InChI=1S/C24H29N3O4/c1-23(2,3)24(31-22(25)30)14-7-15-27(21(24)29)17-12-10-16(11-13-17)18-8-5-6-9-19(18)20(28)26-4/h5-6,8-13H,7,14-15H2,1-4H3,(H2,25,30)(H,26,28). The zero-order valence-corrected chi connectivity index (χ0v) is 18.4. The van der Waals surface area contributed by atoms with E-state index in [-0.39, 0.29) is 11.8 Å². The van der Waals surface area contributed by atoms with Crippen LogP contribution in [0.2, 0.25) is 0 Å². The van der Waals surface area contributed by atoms with E-state index in [2.05, 4.69) is 5.32 Å². The number of carbonyl (C=O) groups excluding carboxylic acids is 3. The highest BCUT2D eigenvalue weighted by atomic mass is 16.6. The van der Waals surface area contributed by atoms with Crippen LogP contribution in [0.1, 0.15) is 44.0 Å². The molecule has 0 bridgehead atoms. The number of nitrogens with two attached hydrogens (primary N) is 1. The summed E-state index contributed by atoms with van der Waals surface area (Å²) in [6.07, 6.45) is 0.149. The molecule has 3 rings (SSSR count). The van der Waals surface area contributed by atoms with Crippen LogP contribution in [0.4, 0.5) is 10.5 Å². The summed E-state index contributed by atoms with van der Waals surface area (Å²) in [4.78, 5) is 39.0. The summed E-state index contributed by atoms with van der Waals surface area (Å²) in [6.45, 7) is 6.13. The number of primary amides is 1. The van der Waals surface area contributed by atoms with Gasteiger partial charge in [-0.2, -0.15) is 0 Å². The SMILES string of the molecule is CNC(=O)c1ccccc1-c1ccc(N2CCCC(OC(N)=O)(C(C)(C)C)C2=O)cc1. The molecule has 7 nitrogen and oxygen atoms in total. The minimum Gasteiger partial charge on any atom is -0.432 e. The zero-order valence-electron chi connectivity index (χ0n) is 18.4. The molecule has 0 radical (unpaired) electrons. The quantitative estimate of drug-likeness (QED) is 0.782. The lowest BCUT2D eigenvalue weighted by molar-refractivity contribution is -0.153. The molecule has 7 heteroatoms. The Morgan fingerprint density at radius 2 is 1.74 bits per heavy atom. The van der Waals surface area contributed by atoms with E-state index < -0.39 is 17.1 Å². The fourth-order valence-corrected chi connectivity index (χ4v) is 4.16. The van der Waals surface area contributed by atoms with Gasteiger partial charge in [0.1, 0.15) is 0 Å². The van der Waals surface area contributed by atoms with Gasteiger partial charge < -0.3 is 20.7 Å². The number of anilines is 1. The normalized spacial score (nSPS) is 19.1. The Labute approximate surface area is 182 Å². The Bertz CT molecular complexity index is 995. The summed E-state index contributed by atoms with van der Waals surface area (Å²) >= 11 is 0. The first-order chi connectivity index (χ1) is 14.6. The fraction of sp³-hybridized carbons (Fsp3) is 0.375. The maximum Gasteiger partial charge on any atom is 0.405 e. The minimum atomic E-state index is -1.32. The molecule has 1 aliphatic heterocycles. The predicted octanol–water partition coefficient (Wildman–Crippen LogP) is 3.72. The second kappa shape index (κ2) is 8.41. The van der Waals surface area contributed by atoms with Crippen molar-refractivity contribution < 1.29 is 19.1 Å². The lowest BCUT2D eigenvalue weighted by Gasteiger charge is -2.47. The first-order valence-electron chi connectivity index (χ1n) is 10.3. The molecule has 2 aromatic rings. The van der Waals surface area contributed by atoms with Gasteiger partial charge in [-0.05, 0) is 42.2 Å². The summed E-state index contributed by atoms with van der Waals surface area (Å²) in [6, 6.07) is 14.8. The van der Waals surface area contributed by atoms with Crippen LogP contribution in [-0.4, -0.2) is 37.1 Å². The van der Waals surface area contributed by atoms with Crippen molar-refractivity contribution in [1.82, 2.24) is 5.32 Å². The highest BCUT2D eigenvalue weighted by molar-refractivity contribution is 6.03. The second-order valence-corrected chi connectivity index (χ2v) is 8.73. The van der Waals surface area contributed by atoms with Crippen LogP contribution < -0.4 is 16.0 Å². The van der Waals surface area contributed by atoms with Gasteiger partial charge in [0.25, 0.3) is 11.8 Å². The third-order valence-corrected chi connectivity index (χ3v) is 5.88. The molecule has 164 valence electrons. The molecule has 1 saturated heterocycles. The number of nitrogens with zero attached hydrogens (tertiary/aromatic N) is 1. The van der Waals surface area contributed by atoms with Gasteiger partial charge in [-0.3, -0.25) is 9.59 Å². The maximum absolute atomic E-state index is 13.5. The number of nitrogens with one attached hydrogen (secondary N) is 1. The van der Waals surface area contributed by atoms with Crippen LogP contribution in [0.3, 0.4) is 0 Å². The lowest BCUT2D eigenvalue weighted by atomic mass is 9.71. The van der Waals surface area contributed by atoms with Crippen molar-refractivity contribution in [3.8, 4) is 11.1 Å². The zero-order chi connectivity index (χ0) is 22.8. The molecule has 0 aliphatic carbocycles. The molecule has 3 N–H and O–H groups in total. The largest absolute Gasteiger partial charge is 0.432 e. The summed E-state index contributed by atoms with van der Waals surface area (Å²) in [5.74, 6) is -0.437. The number of amides is 3. The van der Waals surface area contributed by atoms with E-state index in [4.69, 9.17) is 10.5 Å². The molecule has 3 amide bonds. The van der Waals surface area contributed by atoms with E-state index in [9.17, 15) is 14.4 Å². The van der Waals surface area contributed by atoms with Gasteiger partial charge in [0, 0.05) is 30.3 Å². The monoisotopic (exact) mass is 423 g/mol. The number of carbonyl (C=O) groups is 3. The number of ether oxygens (including phenoxy) is 1. The molecule has 1 heterocycles. The fourth-order valence-electron chi connectivity index (χ4n) is 4.16. The third kappa shape index (κ3) is 4.13. The van der Waals surface area contributed by atoms with Gasteiger partial charge in [-0.15, -0.1) is 0 Å². The Hall–Kier alpha value is -3.35. The highest BCUT2D eigenvalue weighted by Gasteiger charge is 2.55. The Morgan fingerprint density at radius 1 is 1.10 bits per heavy atom. The van der Waals surface area contributed by atoms with Crippen molar-refractivity contribution in [1.29, 1.82) is 0 Å². The highest BCUT2D eigenvalue weighted by Crippen LogP contribution is 2.43. The molecule has 0 spiro atoms. The first-order valence-corrected chi connectivity index (χ1v) is 10.3. The minimum absolute atomic E-state index is 0.163. The molecule has 31 heavy (non-hydrogen) atoms. The predicted molar refractivity (Wildman–Crippen MR) is 120 cm³/mol. The average Bonchev–Trinajstić information content (AvgIpc) is 2.74. The van der Waals surface area contributed by atoms with Gasteiger partial charge >= 0.3 is 6.09 Å². The number of hydrogen-bond donors (Lipinski definition) is 2. The van der Waals surface area contributed by atoms with Gasteiger partial charge in [-0.1, -0.05) is 51.1 Å². The summed E-state index contributed by atoms with van der Waals surface area (Å²) in [5, 5.41) is 2.66. The van der Waals surface area contributed by atoms with Crippen molar-refractivity contribution in [3.63, 3.8) is 0 Å². The molecule has 0 aromatic heterocycles. The molecule has 2 aromatic carbocycles. The number of benzene rings is 2. The third-order valence-electron chi connectivity index (χ3n) is 5.88. The Morgan fingerprint density at radius 3 is 2.32 bits per heavy atom. The van der Waals surface area contributed by atoms with Crippen LogP contribution in [0.15, 0.2) is 48.5 Å². The van der Waals surface area contributed by atoms with E-state index in [0.29, 0.717) is 30.6 Å². The van der Waals surface area contributed by atoms with E-state index in [1.54, 1.807) is 18.0 Å². The van der Waals surface area contributed by atoms with Crippen molar-refractivity contribution in [2.24, 2.45) is 11.1 Å². The van der Waals surface area contributed by atoms with E-state index in [0.717, 1.165) is 11.1 Å². The number of rotatable bonds is 4. The first kappa shape index (κ1) is 22.3. The molecular formula is C24H29N3O4. The van der Waals surface area contributed by atoms with Crippen molar-refractivity contribution in [2.45, 2.75) is 39.2 Å². The summed E-state index contributed by atoms with van der Waals surface area (Å²) in [7, 11) is 1.60. The van der Waals surface area contributed by atoms with Gasteiger partial charge in [0.15, 0.2) is 5.60 Å².